The average molecular weight is 306 g/mol. The molecular formula is C10H6ClF2N3O2S. The number of halogens is 3. The molecule has 0 saturated carbocycles. The maximum atomic E-state index is 13.5. The number of rotatable bonds is 4. The zero-order valence-electron chi connectivity index (χ0n) is 9.19. The molecule has 0 aliphatic heterocycles. The van der Waals surface area contributed by atoms with Crippen LogP contribution < -0.4 is 5.32 Å². The highest BCUT2D eigenvalue weighted by molar-refractivity contribution is 7.15. The Morgan fingerprint density at radius 2 is 2.21 bits per heavy atom. The van der Waals surface area contributed by atoms with Gasteiger partial charge in [0.2, 0.25) is 0 Å². The topological polar surface area (TPSA) is 68.1 Å². The first kappa shape index (κ1) is 13.6. The minimum atomic E-state index is -1.03. The molecule has 9 heteroatoms. The third-order valence-corrected chi connectivity index (χ3v) is 3.29. The predicted molar refractivity (Wildman–Crippen MR) is 67.5 cm³/mol. The Balaban J connectivity index is 2.26. The molecule has 0 atom stereocenters. The van der Waals surface area contributed by atoms with Gasteiger partial charge in [-0.3, -0.25) is 10.1 Å². The maximum absolute atomic E-state index is 13.5. The van der Waals surface area contributed by atoms with Crippen LogP contribution in [0.15, 0.2) is 18.3 Å². The average Bonchev–Trinajstić information content (AvgIpc) is 2.73. The number of anilines is 1. The molecule has 2 aromatic rings. The lowest BCUT2D eigenvalue weighted by Gasteiger charge is -2.06. The fourth-order valence-electron chi connectivity index (χ4n) is 1.41. The molecular weight excluding hydrogens is 300 g/mol. The molecule has 0 aliphatic rings. The predicted octanol–water partition coefficient (Wildman–Crippen LogP) is 3.59. The van der Waals surface area contributed by atoms with Crippen molar-refractivity contribution < 1.29 is 13.7 Å². The second-order valence-electron chi connectivity index (χ2n) is 3.45. The molecule has 0 fully saturated rings. The first-order valence-corrected chi connectivity index (χ1v) is 6.14. The largest absolute Gasteiger partial charge is 0.371 e. The molecule has 100 valence electrons. The van der Waals surface area contributed by atoms with E-state index in [0.717, 1.165) is 11.3 Å². The first-order chi connectivity index (χ1) is 8.97. The van der Waals surface area contributed by atoms with Crippen molar-refractivity contribution in [2.24, 2.45) is 0 Å². The van der Waals surface area contributed by atoms with Gasteiger partial charge in [-0.05, 0) is 0 Å². The fourth-order valence-corrected chi connectivity index (χ4v) is 2.31. The summed E-state index contributed by atoms with van der Waals surface area (Å²) in [5.74, 6) is -2.04. The highest BCUT2D eigenvalue weighted by Crippen LogP contribution is 2.29. The van der Waals surface area contributed by atoms with Gasteiger partial charge in [0, 0.05) is 6.07 Å². The van der Waals surface area contributed by atoms with E-state index in [0.29, 0.717) is 21.5 Å². The van der Waals surface area contributed by atoms with Crippen LogP contribution in [-0.4, -0.2) is 9.91 Å². The summed E-state index contributed by atoms with van der Waals surface area (Å²) in [6.07, 6.45) is 1.42. The van der Waals surface area contributed by atoms with Crippen LogP contribution in [0.25, 0.3) is 0 Å². The van der Waals surface area contributed by atoms with E-state index in [1.165, 1.54) is 6.20 Å². The van der Waals surface area contributed by atoms with E-state index in [2.05, 4.69) is 10.3 Å². The summed E-state index contributed by atoms with van der Waals surface area (Å²) in [5.41, 5.74) is -1.04. The van der Waals surface area contributed by atoms with Crippen LogP contribution in [0.3, 0.4) is 0 Å². The van der Waals surface area contributed by atoms with Gasteiger partial charge in [-0.2, -0.15) is 0 Å². The van der Waals surface area contributed by atoms with Crippen molar-refractivity contribution in [1.82, 2.24) is 4.98 Å². The van der Waals surface area contributed by atoms with Crippen LogP contribution in [0.5, 0.6) is 0 Å². The summed E-state index contributed by atoms with van der Waals surface area (Å²) in [4.78, 5) is 13.8. The quantitative estimate of drug-likeness (QED) is 0.692. The molecule has 19 heavy (non-hydrogen) atoms. The molecule has 0 amide bonds. The molecule has 1 N–H and O–H groups in total. The van der Waals surface area contributed by atoms with Gasteiger partial charge in [0.05, 0.1) is 23.7 Å². The third-order valence-electron chi connectivity index (χ3n) is 2.17. The minimum Gasteiger partial charge on any atom is -0.371 e. The Morgan fingerprint density at radius 1 is 1.47 bits per heavy atom. The van der Waals surface area contributed by atoms with Crippen molar-refractivity contribution >= 4 is 34.3 Å². The van der Waals surface area contributed by atoms with Gasteiger partial charge < -0.3 is 5.32 Å². The van der Waals surface area contributed by atoms with Crippen LogP contribution in [0.2, 0.25) is 4.34 Å². The molecule has 0 saturated heterocycles. The molecule has 1 aromatic carbocycles. The van der Waals surface area contributed by atoms with E-state index in [4.69, 9.17) is 11.6 Å². The van der Waals surface area contributed by atoms with E-state index in [9.17, 15) is 18.9 Å². The van der Waals surface area contributed by atoms with E-state index >= 15 is 0 Å². The van der Waals surface area contributed by atoms with E-state index in [1.54, 1.807) is 0 Å². The molecule has 0 radical (unpaired) electrons. The monoisotopic (exact) mass is 305 g/mol. The zero-order valence-corrected chi connectivity index (χ0v) is 10.8. The molecule has 0 spiro atoms. The van der Waals surface area contributed by atoms with Gasteiger partial charge >= 0.3 is 0 Å². The molecule has 1 heterocycles. The van der Waals surface area contributed by atoms with Gasteiger partial charge in [0.15, 0.2) is 5.82 Å². The Hall–Kier alpha value is -1.80. The summed E-state index contributed by atoms with van der Waals surface area (Å²) in [6, 6.07) is 1.23. The number of aromatic nitrogens is 1. The van der Waals surface area contributed by atoms with Gasteiger partial charge in [0.1, 0.15) is 20.8 Å². The van der Waals surface area contributed by atoms with Gasteiger partial charge in [-0.15, -0.1) is 11.3 Å². The Kier molecular flexibility index (Phi) is 3.91. The van der Waals surface area contributed by atoms with Crippen molar-refractivity contribution in [3.8, 4) is 0 Å². The number of nitro groups is 1. The molecule has 1 aromatic heterocycles. The molecule has 0 unspecified atom stereocenters. The summed E-state index contributed by atoms with van der Waals surface area (Å²) in [7, 11) is 0. The molecule has 2 rings (SSSR count). The van der Waals surface area contributed by atoms with Crippen molar-refractivity contribution in [3.05, 3.63) is 49.4 Å². The second-order valence-corrected chi connectivity index (χ2v) is 5.20. The first-order valence-electron chi connectivity index (χ1n) is 4.95. The highest BCUT2D eigenvalue weighted by atomic mass is 35.5. The molecule has 5 nitrogen and oxygen atoms in total. The maximum Gasteiger partial charge on any atom is 0.298 e. The third kappa shape index (κ3) is 3.15. The Labute approximate surface area is 115 Å². The van der Waals surface area contributed by atoms with E-state index < -0.39 is 22.2 Å². The lowest BCUT2D eigenvalue weighted by atomic mass is 10.2. The standard InChI is InChI=1S/C10H6ClF2N3O2S/c11-8-3-14-9(19-8)4-15-10-6(13)1-5(12)2-7(10)16(17)18/h1-3,15H,4H2. The molecule has 0 bridgehead atoms. The smallest absolute Gasteiger partial charge is 0.298 e. The Morgan fingerprint density at radius 3 is 2.79 bits per heavy atom. The van der Waals surface area contributed by atoms with Gasteiger partial charge in [-0.1, -0.05) is 11.6 Å². The van der Waals surface area contributed by atoms with Crippen LogP contribution in [-0.2, 0) is 6.54 Å². The summed E-state index contributed by atoms with van der Waals surface area (Å²) in [5, 5.41) is 13.8. The lowest BCUT2D eigenvalue weighted by Crippen LogP contribution is -2.05. The van der Waals surface area contributed by atoms with E-state index in [-0.39, 0.29) is 12.2 Å². The van der Waals surface area contributed by atoms with Crippen molar-refractivity contribution in [1.29, 1.82) is 0 Å². The van der Waals surface area contributed by atoms with Crippen LogP contribution in [0.1, 0.15) is 5.01 Å². The summed E-state index contributed by atoms with van der Waals surface area (Å²) >= 11 is 6.83. The lowest BCUT2D eigenvalue weighted by molar-refractivity contribution is -0.384. The zero-order chi connectivity index (χ0) is 14.0. The number of thiazole rings is 1. The summed E-state index contributed by atoms with van der Waals surface area (Å²) < 4.78 is 26.9. The van der Waals surface area contributed by atoms with Crippen molar-refractivity contribution in [2.45, 2.75) is 6.54 Å². The SMILES string of the molecule is O=[N+]([O-])c1cc(F)cc(F)c1NCc1ncc(Cl)s1. The highest BCUT2D eigenvalue weighted by Gasteiger charge is 2.20. The number of hydrogen-bond acceptors (Lipinski definition) is 5. The number of nitrogens with one attached hydrogen (secondary N) is 1. The number of benzene rings is 1. The van der Waals surface area contributed by atoms with Crippen LogP contribution in [0.4, 0.5) is 20.2 Å². The summed E-state index contributed by atoms with van der Waals surface area (Å²) in [6.45, 7) is 0.0563. The van der Waals surface area contributed by atoms with Crippen LogP contribution >= 0.6 is 22.9 Å². The number of hydrogen-bond donors (Lipinski definition) is 1. The van der Waals surface area contributed by atoms with Crippen molar-refractivity contribution in [2.75, 3.05) is 5.32 Å². The Bertz CT molecular complexity index is 635. The van der Waals surface area contributed by atoms with Crippen molar-refractivity contribution in [3.63, 3.8) is 0 Å². The van der Waals surface area contributed by atoms with Crippen LogP contribution in [0, 0.1) is 21.7 Å². The number of nitro benzene ring substituents is 1. The second kappa shape index (κ2) is 5.45. The van der Waals surface area contributed by atoms with E-state index in [1.807, 2.05) is 0 Å². The normalized spacial score (nSPS) is 10.5. The number of nitrogens with zero attached hydrogens (tertiary/aromatic N) is 2. The van der Waals surface area contributed by atoms with Gasteiger partial charge in [0.25, 0.3) is 5.69 Å². The minimum absolute atomic E-state index is 0.0563. The fraction of sp³-hybridized carbons (Fsp3) is 0.100. The molecule has 0 aliphatic carbocycles. The van der Waals surface area contributed by atoms with Gasteiger partial charge in [-0.25, -0.2) is 13.8 Å².